The van der Waals surface area contributed by atoms with Gasteiger partial charge in [-0.2, -0.15) is 17.4 Å². The molecule has 1 aromatic heterocycles. The average molecular weight is 386 g/mol. The number of H-pyrrole nitrogens is 1. The topological polar surface area (TPSA) is 94.3 Å². The molecule has 0 aliphatic rings. The van der Waals surface area contributed by atoms with Crippen molar-refractivity contribution >= 4 is 32.7 Å². The summed E-state index contributed by atoms with van der Waals surface area (Å²) < 4.78 is 28.2. The molecule has 0 saturated carbocycles. The van der Waals surface area contributed by atoms with Crippen molar-refractivity contribution in [2.45, 2.75) is 12.5 Å². The zero-order valence-electron chi connectivity index (χ0n) is 15.1. The molecule has 2 aromatic carbocycles. The van der Waals surface area contributed by atoms with Gasteiger partial charge in [0.05, 0.1) is 0 Å². The number of rotatable bonds is 7. The van der Waals surface area contributed by atoms with Crippen LogP contribution in [0.25, 0.3) is 10.9 Å². The summed E-state index contributed by atoms with van der Waals surface area (Å²) in [7, 11) is -0.945. The molecule has 0 fully saturated rings. The first-order valence-corrected chi connectivity index (χ1v) is 9.91. The Hall–Kier alpha value is -2.68. The number of fused-ring (bicyclic) bond motifs is 1. The van der Waals surface area contributed by atoms with Crippen LogP contribution in [0.1, 0.15) is 5.56 Å². The molecular weight excluding hydrogens is 364 g/mol. The van der Waals surface area contributed by atoms with Gasteiger partial charge in [0.1, 0.15) is 6.04 Å². The minimum absolute atomic E-state index is 0.218. The molecule has 0 radical (unpaired) electrons. The average Bonchev–Trinajstić information content (AvgIpc) is 3.05. The van der Waals surface area contributed by atoms with E-state index in [0.29, 0.717) is 5.69 Å². The van der Waals surface area contributed by atoms with Gasteiger partial charge in [0.25, 0.3) is 10.2 Å². The molecule has 1 atom stereocenters. The molecule has 3 aromatic rings. The van der Waals surface area contributed by atoms with E-state index in [1.54, 1.807) is 30.5 Å². The summed E-state index contributed by atoms with van der Waals surface area (Å²) in [6.07, 6.45) is 2.02. The zero-order valence-corrected chi connectivity index (χ0v) is 16.0. The smallest absolute Gasteiger partial charge is 0.279 e. The second kappa shape index (κ2) is 7.91. The van der Waals surface area contributed by atoms with Crippen LogP contribution in [0, 0.1) is 0 Å². The lowest BCUT2D eigenvalue weighted by atomic mass is 10.0. The van der Waals surface area contributed by atoms with Crippen LogP contribution in [0.2, 0.25) is 0 Å². The Morgan fingerprint density at radius 3 is 2.44 bits per heavy atom. The molecule has 0 aliphatic carbocycles. The van der Waals surface area contributed by atoms with Crippen molar-refractivity contribution < 1.29 is 13.2 Å². The molecule has 1 amide bonds. The lowest BCUT2D eigenvalue weighted by Gasteiger charge is -2.21. The molecule has 0 saturated heterocycles. The normalized spacial score (nSPS) is 13.0. The number of aromatic amines is 1. The van der Waals surface area contributed by atoms with Gasteiger partial charge in [0.2, 0.25) is 5.91 Å². The maximum absolute atomic E-state index is 12.8. The van der Waals surface area contributed by atoms with Crippen LogP contribution < -0.4 is 10.0 Å². The minimum Gasteiger partial charge on any atom is -0.361 e. The standard InChI is InChI=1S/C19H22N4O3S/c1-23(2)27(25,26)22-18(19(24)21-15-8-4-3-5-9-15)12-14-13-20-17-11-7-6-10-16(14)17/h3-11,13,18,20,22H,12H2,1-2H3,(H,21,24)/t18-/m0/s1. The van der Waals surface area contributed by atoms with Crippen LogP contribution >= 0.6 is 0 Å². The first-order chi connectivity index (χ1) is 12.9. The summed E-state index contributed by atoms with van der Waals surface area (Å²) in [5.41, 5.74) is 2.40. The van der Waals surface area contributed by atoms with E-state index in [-0.39, 0.29) is 6.42 Å². The first kappa shape index (κ1) is 19.1. The third-order valence-corrected chi connectivity index (χ3v) is 5.77. The van der Waals surface area contributed by atoms with Crippen LogP contribution in [0.4, 0.5) is 5.69 Å². The largest absolute Gasteiger partial charge is 0.361 e. The third kappa shape index (κ3) is 4.54. The van der Waals surface area contributed by atoms with Gasteiger partial charge in [0.15, 0.2) is 0 Å². The van der Waals surface area contributed by atoms with E-state index in [9.17, 15) is 13.2 Å². The van der Waals surface area contributed by atoms with E-state index in [1.165, 1.54) is 14.1 Å². The van der Waals surface area contributed by atoms with Crippen LogP contribution in [0.5, 0.6) is 0 Å². The number of nitrogens with one attached hydrogen (secondary N) is 3. The lowest BCUT2D eigenvalue weighted by molar-refractivity contribution is -0.117. The highest BCUT2D eigenvalue weighted by Gasteiger charge is 2.27. The van der Waals surface area contributed by atoms with E-state index in [4.69, 9.17) is 0 Å². The Kier molecular flexibility index (Phi) is 5.59. The zero-order chi connectivity index (χ0) is 19.4. The maximum Gasteiger partial charge on any atom is 0.279 e. The monoisotopic (exact) mass is 386 g/mol. The Morgan fingerprint density at radius 2 is 1.74 bits per heavy atom. The maximum atomic E-state index is 12.8. The fraction of sp³-hybridized carbons (Fsp3) is 0.211. The number of benzene rings is 2. The number of amides is 1. The van der Waals surface area contributed by atoms with Crippen molar-refractivity contribution in [1.82, 2.24) is 14.0 Å². The van der Waals surface area contributed by atoms with Gasteiger partial charge in [-0.05, 0) is 30.2 Å². The van der Waals surface area contributed by atoms with Crippen molar-refractivity contribution in [3.63, 3.8) is 0 Å². The molecular formula is C19H22N4O3S. The van der Waals surface area contributed by atoms with Crippen molar-refractivity contribution in [1.29, 1.82) is 0 Å². The number of nitrogens with zero attached hydrogens (tertiary/aromatic N) is 1. The van der Waals surface area contributed by atoms with Crippen molar-refractivity contribution in [2.24, 2.45) is 0 Å². The van der Waals surface area contributed by atoms with Gasteiger partial charge in [-0.25, -0.2) is 0 Å². The number of carbonyl (C=O) groups excluding carboxylic acids is 1. The summed E-state index contributed by atoms with van der Waals surface area (Å²) >= 11 is 0. The molecule has 0 aliphatic heterocycles. The molecule has 142 valence electrons. The Morgan fingerprint density at radius 1 is 1.07 bits per heavy atom. The fourth-order valence-corrected chi connectivity index (χ4v) is 3.51. The van der Waals surface area contributed by atoms with E-state index >= 15 is 0 Å². The number of para-hydroxylation sites is 2. The predicted octanol–water partition coefficient (Wildman–Crippen LogP) is 2.11. The second-order valence-corrected chi connectivity index (χ2v) is 8.29. The van der Waals surface area contributed by atoms with Gasteiger partial charge >= 0.3 is 0 Å². The van der Waals surface area contributed by atoms with Crippen molar-refractivity contribution in [3.8, 4) is 0 Å². The molecule has 0 unspecified atom stereocenters. The molecule has 7 nitrogen and oxygen atoms in total. The Labute approximate surface area is 158 Å². The summed E-state index contributed by atoms with van der Waals surface area (Å²) in [4.78, 5) is 16.0. The van der Waals surface area contributed by atoms with Crippen LogP contribution in [-0.4, -0.2) is 43.8 Å². The molecule has 0 bridgehead atoms. The van der Waals surface area contributed by atoms with Crippen LogP contribution in [0.15, 0.2) is 60.8 Å². The highest BCUT2D eigenvalue weighted by atomic mass is 32.2. The minimum atomic E-state index is -3.78. The summed E-state index contributed by atoms with van der Waals surface area (Å²) in [6, 6.07) is 15.7. The number of hydrogen-bond donors (Lipinski definition) is 3. The molecule has 3 rings (SSSR count). The van der Waals surface area contributed by atoms with E-state index in [0.717, 1.165) is 20.8 Å². The lowest BCUT2D eigenvalue weighted by Crippen LogP contribution is -2.49. The van der Waals surface area contributed by atoms with Gasteiger partial charge < -0.3 is 10.3 Å². The van der Waals surface area contributed by atoms with E-state index in [2.05, 4.69) is 15.0 Å². The fourth-order valence-electron chi connectivity index (χ4n) is 2.74. The second-order valence-electron chi connectivity index (χ2n) is 6.38. The van der Waals surface area contributed by atoms with Gasteiger partial charge in [-0.15, -0.1) is 0 Å². The van der Waals surface area contributed by atoms with Crippen molar-refractivity contribution in [3.05, 3.63) is 66.4 Å². The van der Waals surface area contributed by atoms with Gasteiger partial charge in [-0.3, -0.25) is 4.79 Å². The highest BCUT2D eigenvalue weighted by molar-refractivity contribution is 7.87. The number of aromatic nitrogens is 1. The predicted molar refractivity (Wildman–Crippen MR) is 107 cm³/mol. The van der Waals surface area contributed by atoms with E-state index < -0.39 is 22.2 Å². The molecule has 1 heterocycles. The van der Waals surface area contributed by atoms with E-state index in [1.807, 2.05) is 30.3 Å². The van der Waals surface area contributed by atoms with Gasteiger partial charge in [-0.1, -0.05) is 36.4 Å². The molecule has 27 heavy (non-hydrogen) atoms. The quantitative estimate of drug-likeness (QED) is 0.580. The highest BCUT2D eigenvalue weighted by Crippen LogP contribution is 2.20. The number of anilines is 1. The SMILES string of the molecule is CN(C)S(=O)(=O)N[C@@H](Cc1c[nH]c2ccccc12)C(=O)Nc1ccccc1. The molecule has 0 spiro atoms. The first-order valence-electron chi connectivity index (χ1n) is 8.47. The number of hydrogen-bond acceptors (Lipinski definition) is 3. The third-order valence-electron chi connectivity index (χ3n) is 4.23. The molecule has 3 N–H and O–H groups in total. The summed E-state index contributed by atoms with van der Waals surface area (Å²) in [5, 5.41) is 3.73. The van der Waals surface area contributed by atoms with Gasteiger partial charge in [0, 0.05) is 36.9 Å². The number of carbonyl (C=O) groups is 1. The summed E-state index contributed by atoms with van der Waals surface area (Å²) in [6.45, 7) is 0. The summed E-state index contributed by atoms with van der Waals surface area (Å²) in [5.74, 6) is -0.420. The van der Waals surface area contributed by atoms with Crippen molar-refractivity contribution in [2.75, 3.05) is 19.4 Å². The van der Waals surface area contributed by atoms with Crippen LogP contribution in [0.3, 0.4) is 0 Å². The van der Waals surface area contributed by atoms with Crippen LogP contribution in [-0.2, 0) is 21.4 Å². The Bertz CT molecular complexity index is 1030. The molecule has 8 heteroatoms. The Balaban J connectivity index is 1.88.